The van der Waals surface area contributed by atoms with Gasteiger partial charge in [0.1, 0.15) is 12.1 Å². The summed E-state index contributed by atoms with van der Waals surface area (Å²) in [7, 11) is 0. The van der Waals surface area contributed by atoms with Crippen LogP contribution in [0, 0.1) is 5.92 Å². The molecule has 1 N–H and O–H groups in total. The first-order chi connectivity index (χ1) is 9.06. The zero-order valence-electron chi connectivity index (χ0n) is 12.0. The average molecular weight is 284 g/mol. The Labute approximate surface area is 119 Å². The molecule has 2 heterocycles. The van der Waals surface area contributed by atoms with Gasteiger partial charge in [-0.15, -0.1) is 0 Å². The maximum atomic E-state index is 12.7. The van der Waals surface area contributed by atoms with Crippen LogP contribution in [-0.4, -0.2) is 46.3 Å². The summed E-state index contributed by atoms with van der Waals surface area (Å²) in [5.74, 6) is 2.51. The quantitative estimate of drug-likeness (QED) is 0.857. The first kappa shape index (κ1) is 14.7. The van der Waals surface area contributed by atoms with Gasteiger partial charge in [0.15, 0.2) is 0 Å². The van der Waals surface area contributed by atoms with Gasteiger partial charge < -0.3 is 10.2 Å². The van der Waals surface area contributed by atoms with E-state index in [9.17, 15) is 9.59 Å². The van der Waals surface area contributed by atoms with Crippen LogP contribution in [0.1, 0.15) is 40.0 Å². The second-order valence-corrected chi connectivity index (χ2v) is 6.86. The smallest absolute Gasteiger partial charge is 0.246 e. The molecule has 2 rings (SSSR count). The summed E-state index contributed by atoms with van der Waals surface area (Å²) in [6.45, 7) is 5.94. The molecule has 108 valence electrons. The van der Waals surface area contributed by atoms with Gasteiger partial charge in [-0.05, 0) is 37.2 Å². The molecule has 0 bridgehead atoms. The molecule has 2 saturated heterocycles. The van der Waals surface area contributed by atoms with E-state index in [1.165, 1.54) is 0 Å². The lowest BCUT2D eigenvalue weighted by atomic mass is 9.92. The van der Waals surface area contributed by atoms with Crippen molar-refractivity contribution < 1.29 is 9.59 Å². The molecule has 0 aromatic carbocycles. The molecule has 0 saturated carbocycles. The monoisotopic (exact) mass is 284 g/mol. The Morgan fingerprint density at radius 2 is 2.00 bits per heavy atom. The molecule has 3 unspecified atom stereocenters. The highest BCUT2D eigenvalue weighted by molar-refractivity contribution is 7.99. The van der Waals surface area contributed by atoms with E-state index in [4.69, 9.17) is 0 Å². The number of carbonyl (C=O) groups excluding carboxylic acids is 2. The maximum absolute atomic E-state index is 12.7. The molecule has 5 heteroatoms. The predicted octanol–water partition coefficient (Wildman–Crippen LogP) is 1.64. The van der Waals surface area contributed by atoms with Crippen LogP contribution < -0.4 is 5.32 Å². The minimum absolute atomic E-state index is 0.00289. The Balaban J connectivity index is 2.18. The molecule has 3 atom stereocenters. The van der Waals surface area contributed by atoms with Gasteiger partial charge in [0.25, 0.3) is 0 Å². The molecule has 0 spiro atoms. The lowest BCUT2D eigenvalue weighted by Crippen LogP contribution is -2.66. The van der Waals surface area contributed by atoms with Crippen LogP contribution in [-0.2, 0) is 9.59 Å². The van der Waals surface area contributed by atoms with Crippen molar-refractivity contribution in [2.24, 2.45) is 5.92 Å². The summed E-state index contributed by atoms with van der Waals surface area (Å²) < 4.78 is 0. The molecule has 2 aliphatic rings. The van der Waals surface area contributed by atoms with Gasteiger partial charge in [0.2, 0.25) is 11.8 Å². The van der Waals surface area contributed by atoms with Gasteiger partial charge in [-0.25, -0.2) is 0 Å². The largest absolute Gasteiger partial charge is 0.342 e. The van der Waals surface area contributed by atoms with Crippen molar-refractivity contribution in [2.75, 3.05) is 11.5 Å². The summed E-state index contributed by atoms with van der Waals surface area (Å²) in [6.07, 6.45) is 2.93. The molecule has 0 aromatic rings. The predicted molar refractivity (Wildman–Crippen MR) is 78.0 cm³/mol. The van der Waals surface area contributed by atoms with E-state index in [0.717, 1.165) is 30.8 Å². The third-order valence-corrected chi connectivity index (χ3v) is 5.46. The molecule has 0 aliphatic carbocycles. The number of piperazine rings is 1. The number of nitrogens with one attached hydrogen (secondary N) is 1. The van der Waals surface area contributed by atoms with Crippen molar-refractivity contribution in [1.82, 2.24) is 10.2 Å². The van der Waals surface area contributed by atoms with Gasteiger partial charge >= 0.3 is 0 Å². The summed E-state index contributed by atoms with van der Waals surface area (Å²) in [5, 5.41) is 2.90. The second kappa shape index (κ2) is 6.16. The van der Waals surface area contributed by atoms with Crippen LogP contribution in [0.3, 0.4) is 0 Å². The molecule has 2 fully saturated rings. The minimum Gasteiger partial charge on any atom is -0.342 e. The number of hydrogen-bond donors (Lipinski definition) is 1. The van der Waals surface area contributed by atoms with Gasteiger partial charge in [-0.3, -0.25) is 9.59 Å². The fourth-order valence-corrected chi connectivity index (χ4v) is 3.98. The lowest BCUT2D eigenvalue weighted by Gasteiger charge is -2.44. The van der Waals surface area contributed by atoms with Crippen LogP contribution in [0.15, 0.2) is 0 Å². The first-order valence-electron chi connectivity index (χ1n) is 7.26. The third kappa shape index (κ3) is 2.91. The van der Waals surface area contributed by atoms with Crippen molar-refractivity contribution >= 4 is 23.6 Å². The molecular weight excluding hydrogens is 260 g/mol. The topological polar surface area (TPSA) is 49.4 Å². The zero-order valence-corrected chi connectivity index (χ0v) is 12.8. The first-order valence-corrected chi connectivity index (χ1v) is 8.42. The number of hydrogen-bond acceptors (Lipinski definition) is 3. The highest BCUT2D eigenvalue weighted by Crippen LogP contribution is 2.27. The maximum Gasteiger partial charge on any atom is 0.246 e. The van der Waals surface area contributed by atoms with Crippen LogP contribution in [0.4, 0.5) is 0 Å². The van der Waals surface area contributed by atoms with E-state index < -0.39 is 0 Å². The average Bonchev–Trinajstić information content (AvgIpc) is 2.43. The van der Waals surface area contributed by atoms with Crippen molar-refractivity contribution in [2.45, 2.75) is 58.2 Å². The second-order valence-electron chi connectivity index (χ2n) is 5.64. The molecular formula is C14H24N2O2S. The molecule has 19 heavy (non-hydrogen) atoms. The van der Waals surface area contributed by atoms with Crippen LogP contribution >= 0.6 is 11.8 Å². The van der Waals surface area contributed by atoms with E-state index in [0.29, 0.717) is 0 Å². The van der Waals surface area contributed by atoms with E-state index in [-0.39, 0.29) is 35.9 Å². The van der Waals surface area contributed by atoms with Crippen molar-refractivity contribution in [3.05, 3.63) is 0 Å². The van der Waals surface area contributed by atoms with E-state index in [1.807, 2.05) is 30.5 Å². The van der Waals surface area contributed by atoms with Crippen LogP contribution in [0.25, 0.3) is 0 Å². The minimum atomic E-state index is -0.330. The molecule has 4 nitrogen and oxygen atoms in total. The van der Waals surface area contributed by atoms with Crippen molar-refractivity contribution in [3.8, 4) is 0 Å². The number of amides is 2. The Bertz CT molecular complexity index is 355. The van der Waals surface area contributed by atoms with Crippen LogP contribution in [0.2, 0.25) is 0 Å². The van der Waals surface area contributed by atoms with E-state index in [2.05, 4.69) is 12.2 Å². The third-order valence-electron chi connectivity index (χ3n) is 4.41. The lowest BCUT2D eigenvalue weighted by molar-refractivity contribution is -0.153. The Hall–Kier alpha value is -0.710. The Morgan fingerprint density at radius 3 is 2.58 bits per heavy atom. The van der Waals surface area contributed by atoms with E-state index >= 15 is 0 Å². The summed E-state index contributed by atoms with van der Waals surface area (Å²) in [5.41, 5.74) is 0. The fourth-order valence-electron chi connectivity index (χ4n) is 2.89. The van der Waals surface area contributed by atoms with Crippen molar-refractivity contribution in [3.63, 3.8) is 0 Å². The normalized spacial score (nSPS) is 31.2. The SMILES string of the molecule is CCC(C)C1NC(=O)C(C)N(C2CCSCC2)C1=O. The molecule has 0 radical (unpaired) electrons. The number of carbonyl (C=O) groups is 2. The summed E-state index contributed by atoms with van der Waals surface area (Å²) in [6, 6.07) is -0.398. The van der Waals surface area contributed by atoms with Crippen molar-refractivity contribution in [1.29, 1.82) is 0 Å². The van der Waals surface area contributed by atoms with Gasteiger partial charge in [-0.1, -0.05) is 20.3 Å². The fraction of sp³-hybridized carbons (Fsp3) is 0.857. The highest BCUT2D eigenvalue weighted by Gasteiger charge is 2.43. The number of thioether (sulfide) groups is 1. The molecule has 2 aliphatic heterocycles. The summed E-state index contributed by atoms with van der Waals surface area (Å²) in [4.78, 5) is 26.7. The van der Waals surface area contributed by atoms with Gasteiger partial charge in [0.05, 0.1) is 0 Å². The van der Waals surface area contributed by atoms with Gasteiger partial charge in [0, 0.05) is 6.04 Å². The Kier molecular flexibility index (Phi) is 4.76. The standard InChI is InChI=1S/C14H24N2O2S/c1-4-9(2)12-14(18)16(10(3)13(17)15-12)11-5-7-19-8-6-11/h9-12H,4-8H2,1-3H3,(H,15,17). The van der Waals surface area contributed by atoms with Gasteiger partial charge in [-0.2, -0.15) is 11.8 Å². The van der Waals surface area contributed by atoms with E-state index in [1.54, 1.807) is 0 Å². The van der Waals surface area contributed by atoms with Crippen LogP contribution in [0.5, 0.6) is 0 Å². The zero-order chi connectivity index (χ0) is 14.0. The number of rotatable bonds is 3. The molecule has 0 aromatic heterocycles. The summed E-state index contributed by atoms with van der Waals surface area (Å²) >= 11 is 1.94. The number of nitrogens with zero attached hydrogens (tertiary/aromatic N) is 1. The molecule has 2 amide bonds. The highest BCUT2D eigenvalue weighted by atomic mass is 32.2. The Morgan fingerprint density at radius 1 is 1.37 bits per heavy atom.